The fourth-order valence-electron chi connectivity index (χ4n) is 1.93. The maximum atomic E-state index is 12.0. The number of rotatable bonds is 6. The summed E-state index contributed by atoms with van der Waals surface area (Å²) in [6, 6.07) is 14.9. The molecule has 1 amide bonds. The Kier molecular flexibility index (Phi) is 5.35. The monoisotopic (exact) mass is 310 g/mol. The van der Waals surface area contributed by atoms with Crippen LogP contribution < -0.4 is 5.32 Å². The molecule has 0 spiro atoms. The number of carbonyl (C=O) groups excluding carboxylic acids is 2. The van der Waals surface area contributed by atoms with Gasteiger partial charge in [-0.1, -0.05) is 42.5 Å². The molecule has 0 aliphatic heterocycles. The molecule has 0 aliphatic carbocycles. The molecule has 0 radical (unpaired) electrons. The lowest BCUT2D eigenvalue weighted by Crippen LogP contribution is -2.15. The molecule has 6 heteroatoms. The van der Waals surface area contributed by atoms with E-state index in [2.05, 4.69) is 10.5 Å². The van der Waals surface area contributed by atoms with Crippen LogP contribution in [0.4, 0.5) is 5.69 Å². The highest BCUT2D eigenvalue weighted by Crippen LogP contribution is 2.14. The SMILES string of the molecule is O=Cc1ccc(CC(O)=C(N=O)C(=O)Nc2ccccc2)cc1. The lowest BCUT2D eigenvalue weighted by atomic mass is 10.1. The van der Waals surface area contributed by atoms with Gasteiger partial charge in [0, 0.05) is 17.7 Å². The van der Waals surface area contributed by atoms with E-state index in [9.17, 15) is 19.6 Å². The summed E-state index contributed by atoms with van der Waals surface area (Å²) in [5.41, 5.74) is 1.05. The topological polar surface area (TPSA) is 95.8 Å². The molecule has 23 heavy (non-hydrogen) atoms. The average Bonchev–Trinajstić information content (AvgIpc) is 2.57. The summed E-state index contributed by atoms with van der Waals surface area (Å²) in [5.74, 6) is -1.22. The molecule has 2 aromatic rings. The first-order chi connectivity index (χ1) is 11.1. The molecule has 0 unspecified atom stereocenters. The van der Waals surface area contributed by atoms with Crippen molar-refractivity contribution in [1.29, 1.82) is 0 Å². The van der Waals surface area contributed by atoms with Crippen molar-refractivity contribution in [2.75, 3.05) is 5.32 Å². The summed E-state index contributed by atoms with van der Waals surface area (Å²) in [6.07, 6.45) is 0.660. The van der Waals surface area contributed by atoms with Crippen LogP contribution >= 0.6 is 0 Å². The number of nitroso groups, excluding NO2 is 1. The van der Waals surface area contributed by atoms with Gasteiger partial charge >= 0.3 is 0 Å². The predicted molar refractivity (Wildman–Crippen MR) is 86.1 cm³/mol. The van der Waals surface area contributed by atoms with Crippen LogP contribution in [0, 0.1) is 4.91 Å². The Morgan fingerprint density at radius 3 is 2.30 bits per heavy atom. The number of anilines is 1. The largest absolute Gasteiger partial charge is 0.509 e. The van der Waals surface area contributed by atoms with Crippen molar-refractivity contribution >= 4 is 17.9 Å². The molecule has 2 N–H and O–H groups in total. The fraction of sp³-hybridized carbons (Fsp3) is 0.0588. The minimum Gasteiger partial charge on any atom is -0.509 e. The summed E-state index contributed by atoms with van der Waals surface area (Å²) in [4.78, 5) is 33.5. The number of aldehydes is 1. The first-order valence-corrected chi connectivity index (χ1v) is 6.80. The van der Waals surface area contributed by atoms with E-state index in [1.54, 1.807) is 54.6 Å². The number of benzene rings is 2. The Hall–Kier alpha value is -3.28. The van der Waals surface area contributed by atoms with E-state index < -0.39 is 17.4 Å². The second kappa shape index (κ2) is 7.65. The van der Waals surface area contributed by atoms with E-state index in [0.29, 0.717) is 23.1 Å². The standard InChI is InChI=1S/C17H14N2O4/c20-11-13-8-6-12(7-9-13)10-15(21)16(19-23)17(22)18-14-4-2-1-3-5-14/h1-9,11,21H,10H2,(H,18,22). The highest BCUT2D eigenvalue weighted by Gasteiger charge is 2.17. The zero-order chi connectivity index (χ0) is 16.7. The third kappa shape index (κ3) is 4.34. The van der Waals surface area contributed by atoms with Crippen molar-refractivity contribution in [3.63, 3.8) is 0 Å². The Balaban J connectivity index is 2.15. The van der Waals surface area contributed by atoms with Gasteiger partial charge in [0.25, 0.3) is 5.91 Å². The average molecular weight is 310 g/mol. The predicted octanol–water partition coefficient (Wildman–Crippen LogP) is 3.22. The number of nitrogens with one attached hydrogen (secondary N) is 1. The number of amides is 1. The van der Waals surface area contributed by atoms with Gasteiger partial charge in [-0.15, -0.1) is 4.91 Å². The minimum absolute atomic E-state index is 0.0393. The summed E-state index contributed by atoms with van der Waals surface area (Å²) < 4.78 is 0. The van der Waals surface area contributed by atoms with Gasteiger partial charge in [0.05, 0.1) is 0 Å². The number of aliphatic hydroxyl groups excluding tert-OH is 1. The molecule has 0 bridgehead atoms. The lowest BCUT2D eigenvalue weighted by Gasteiger charge is -2.06. The van der Waals surface area contributed by atoms with Gasteiger partial charge in [-0.2, -0.15) is 0 Å². The fourth-order valence-corrected chi connectivity index (χ4v) is 1.93. The van der Waals surface area contributed by atoms with Crippen molar-refractivity contribution < 1.29 is 14.7 Å². The molecule has 0 saturated heterocycles. The summed E-state index contributed by atoms with van der Waals surface area (Å²) >= 11 is 0. The van der Waals surface area contributed by atoms with Crippen LogP contribution in [0.3, 0.4) is 0 Å². The van der Waals surface area contributed by atoms with Crippen molar-refractivity contribution in [2.24, 2.45) is 5.18 Å². The maximum Gasteiger partial charge on any atom is 0.281 e. The Labute approximate surface area is 132 Å². The van der Waals surface area contributed by atoms with Crippen molar-refractivity contribution in [1.82, 2.24) is 0 Å². The second-order valence-electron chi connectivity index (χ2n) is 4.74. The molecular weight excluding hydrogens is 296 g/mol. The van der Waals surface area contributed by atoms with E-state index in [1.807, 2.05) is 0 Å². The van der Waals surface area contributed by atoms with Crippen LogP contribution in [0.25, 0.3) is 0 Å². The van der Waals surface area contributed by atoms with Gasteiger partial charge in [-0.05, 0) is 22.9 Å². The molecule has 0 heterocycles. The van der Waals surface area contributed by atoms with Crippen LogP contribution in [-0.2, 0) is 11.2 Å². The van der Waals surface area contributed by atoms with Gasteiger partial charge in [-0.3, -0.25) is 9.59 Å². The first-order valence-electron chi connectivity index (χ1n) is 6.80. The Bertz CT molecular complexity index is 737. The van der Waals surface area contributed by atoms with Crippen LogP contribution in [0.5, 0.6) is 0 Å². The molecule has 0 saturated carbocycles. The third-order valence-corrected chi connectivity index (χ3v) is 3.10. The van der Waals surface area contributed by atoms with Crippen molar-refractivity contribution in [2.45, 2.75) is 6.42 Å². The number of nitrogens with zero attached hydrogens (tertiary/aromatic N) is 1. The molecule has 0 fully saturated rings. The number of aliphatic hydroxyl groups is 1. The molecule has 2 rings (SSSR count). The lowest BCUT2D eigenvalue weighted by molar-refractivity contribution is -0.113. The summed E-state index contributed by atoms with van der Waals surface area (Å²) in [7, 11) is 0. The van der Waals surface area contributed by atoms with Crippen LogP contribution in [0.15, 0.2) is 71.2 Å². The van der Waals surface area contributed by atoms with Gasteiger partial charge in [-0.25, -0.2) is 0 Å². The molecule has 116 valence electrons. The number of para-hydroxylation sites is 1. The summed E-state index contributed by atoms with van der Waals surface area (Å²) in [6.45, 7) is 0. The normalized spacial score (nSPS) is 11.3. The molecule has 0 atom stereocenters. The van der Waals surface area contributed by atoms with Crippen LogP contribution in [0.2, 0.25) is 0 Å². The van der Waals surface area contributed by atoms with Gasteiger partial charge in [0.15, 0.2) is 0 Å². The van der Waals surface area contributed by atoms with Crippen molar-refractivity contribution in [3.05, 3.63) is 82.1 Å². The van der Waals surface area contributed by atoms with E-state index in [0.717, 1.165) is 0 Å². The molecule has 0 aliphatic rings. The smallest absolute Gasteiger partial charge is 0.281 e. The maximum absolute atomic E-state index is 12.0. The summed E-state index contributed by atoms with van der Waals surface area (Å²) in [5, 5.41) is 15.1. The number of carbonyl (C=O) groups is 2. The van der Waals surface area contributed by atoms with Gasteiger partial charge < -0.3 is 10.4 Å². The number of hydrogen-bond acceptors (Lipinski definition) is 5. The molecule has 6 nitrogen and oxygen atoms in total. The van der Waals surface area contributed by atoms with Crippen LogP contribution in [-0.4, -0.2) is 17.3 Å². The minimum atomic E-state index is -0.784. The van der Waals surface area contributed by atoms with E-state index in [4.69, 9.17) is 0 Å². The third-order valence-electron chi connectivity index (χ3n) is 3.10. The zero-order valence-corrected chi connectivity index (χ0v) is 12.1. The first kappa shape index (κ1) is 16.1. The highest BCUT2D eigenvalue weighted by molar-refractivity contribution is 6.03. The Morgan fingerprint density at radius 2 is 1.74 bits per heavy atom. The highest BCUT2D eigenvalue weighted by atomic mass is 16.3. The second-order valence-corrected chi connectivity index (χ2v) is 4.74. The van der Waals surface area contributed by atoms with E-state index in [1.165, 1.54) is 0 Å². The molecular formula is C17H14N2O4. The zero-order valence-electron chi connectivity index (χ0n) is 12.1. The van der Waals surface area contributed by atoms with Gasteiger partial charge in [0.2, 0.25) is 5.70 Å². The molecule has 0 aromatic heterocycles. The number of allylic oxidation sites excluding steroid dienone is 1. The van der Waals surface area contributed by atoms with Gasteiger partial charge in [0.1, 0.15) is 12.0 Å². The Morgan fingerprint density at radius 1 is 1.09 bits per heavy atom. The van der Waals surface area contributed by atoms with Crippen LogP contribution in [0.1, 0.15) is 15.9 Å². The van der Waals surface area contributed by atoms with Crippen molar-refractivity contribution in [3.8, 4) is 0 Å². The quantitative estimate of drug-likeness (QED) is 0.370. The molecule has 2 aromatic carbocycles. The number of hydrogen-bond donors (Lipinski definition) is 2. The van der Waals surface area contributed by atoms with E-state index >= 15 is 0 Å². The van der Waals surface area contributed by atoms with E-state index in [-0.39, 0.29) is 6.42 Å².